The highest BCUT2D eigenvalue weighted by Gasteiger charge is 2.40. The number of aromatic nitrogens is 1. The molecule has 1 aromatic carbocycles. The minimum atomic E-state index is -0.999. The van der Waals surface area contributed by atoms with E-state index in [1.54, 1.807) is 6.07 Å². The number of amides is 1. The van der Waals surface area contributed by atoms with Crippen molar-refractivity contribution >= 4 is 22.8 Å². The zero-order valence-electron chi connectivity index (χ0n) is 13.4. The lowest BCUT2D eigenvalue weighted by molar-refractivity contribution is -0.141. The smallest absolute Gasteiger partial charge is 0.326 e. The number of carbonyl (C=O) groups is 2. The van der Waals surface area contributed by atoms with Crippen LogP contribution in [-0.2, 0) is 9.53 Å². The molecule has 0 aliphatic carbocycles. The molecule has 2 unspecified atom stereocenters. The molecule has 1 aliphatic heterocycles. The second-order valence-corrected chi connectivity index (χ2v) is 6.13. The molecule has 1 fully saturated rings. The summed E-state index contributed by atoms with van der Waals surface area (Å²) in [5, 5.41) is 10.3. The standard InChI is InChI=1S/C17H20N2O4/c1-9-4-10(2)12-7-14(18-13(12)5-9)16(20)19-8-11(23-3)6-15(19)17(21)22/h4-5,7,11,15,18H,6,8H2,1-3H3,(H,21,22). The second-order valence-electron chi connectivity index (χ2n) is 6.13. The Balaban J connectivity index is 1.96. The first-order valence-electron chi connectivity index (χ1n) is 7.57. The van der Waals surface area contributed by atoms with Crippen LogP contribution in [0.1, 0.15) is 28.0 Å². The SMILES string of the molecule is COC1CC(C(=O)O)N(C(=O)c2cc3c(C)cc(C)cc3[nH]2)C1. The molecule has 1 aromatic heterocycles. The zero-order chi connectivity index (χ0) is 16.7. The van der Waals surface area contributed by atoms with E-state index >= 15 is 0 Å². The Morgan fingerprint density at radius 2 is 2.04 bits per heavy atom. The summed E-state index contributed by atoms with van der Waals surface area (Å²) in [7, 11) is 1.53. The third-order valence-corrected chi connectivity index (χ3v) is 4.46. The molecule has 0 saturated carbocycles. The highest BCUT2D eigenvalue weighted by molar-refractivity contribution is 6.00. The van der Waals surface area contributed by atoms with Crippen molar-refractivity contribution in [2.24, 2.45) is 0 Å². The van der Waals surface area contributed by atoms with E-state index in [0.717, 1.165) is 22.0 Å². The minimum Gasteiger partial charge on any atom is -0.480 e. The van der Waals surface area contributed by atoms with Crippen LogP contribution < -0.4 is 0 Å². The molecule has 0 spiro atoms. The van der Waals surface area contributed by atoms with Crippen LogP contribution in [0, 0.1) is 13.8 Å². The molecular formula is C17H20N2O4. The second kappa shape index (κ2) is 5.70. The van der Waals surface area contributed by atoms with Gasteiger partial charge in [-0.2, -0.15) is 0 Å². The van der Waals surface area contributed by atoms with Crippen molar-refractivity contribution in [2.75, 3.05) is 13.7 Å². The van der Waals surface area contributed by atoms with Crippen LogP contribution in [0.15, 0.2) is 18.2 Å². The van der Waals surface area contributed by atoms with Gasteiger partial charge in [-0.25, -0.2) is 4.79 Å². The average Bonchev–Trinajstić information content (AvgIpc) is 3.10. The molecule has 3 rings (SSSR count). The number of hydrogen-bond donors (Lipinski definition) is 2. The summed E-state index contributed by atoms with van der Waals surface area (Å²) >= 11 is 0. The van der Waals surface area contributed by atoms with Crippen LogP contribution in [0.3, 0.4) is 0 Å². The van der Waals surface area contributed by atoms with E-state index in [4.69, 9.17) is 4.74 Å². The van der Waals surface area contributed by atoms with Gasteiger partial charge in [-0.1, -0.05) is 6.07 Å². The van der Waals surface area contributed by atoms with Gasteiger partial charge in [-0.3, -0.25) is 4.79 Å². The first-order chi connectivity index (χ1) is 10.9. The van der Waals surface area contributed by atoms with E-state index in [0.29, 0.717) is 18.7 Å². The Bertz CT molecular complexity index is 780. The van der Waals surface area contributed by atoms with Gasteiger partial charge in [0, 0.05) is 31.0 Å². The summed E-state index contributed by atoms with van der Waals surface area (Å²) in [5.74, 6) is -1.30. The van der Waals surface area contributed by atoms with Gasteiger partial charge in [0.25, 0.3) is 5.91 Å². The van der Waals surface area contributed by atoms with Crippen molar-refractivity contribution in [3.05, 3.63) is 35.0 Å². The Labute approximate surface area is 134 Å². The predicted molar refractivity (Wildman–Crippen MR) is 85.6 cm³/mol. The number of rotatable bonds is 3. The lowest BCUT2D eigenvalue weighted by Gasteiger charge is -2.20. The Morgan fingerprint density at radius 1 is 1.30 bits per heavy atom. The highest BCUT2D eigenvalue weighted by atomic mass is 16.5. The number of likely N-dealkylation sites (tertiary alicyclic amines) is 1. The first-order valence-corrected chi connectivity index (χ1v) is 7.57. The van der Waals surface area contributed by atoms with E-state index in [-0.39, 0.29) is 12.0 Å². The number of carboxylic acids is 1. The van der Waals surface area contributed by atoms with E-state index in [2.05, 4.69) is 11.1 Å². The molecule has 6 heteroatoms. The lowest BCUT2D eigenvalue weighted by atomic mass is 10.1. The van der Waals surface area contributed by atoms with Gasteiger partial charge in [-0.15, -0.1) is 0 Å². The maximum Gasteiger partial charge on any atom is 0.326 e. The largest absolute Gasteiger partial charge is 0.480 e. The number of ether oxygens (including phenoxy) is 1. The van der Waals surface area contributed by atoms with Gasteiger partial charge < -0.3 is 19.7 Å². The number of carboxylic acid groups (broad SMARTS) is 1. The number of hydrogen-bond acceptors (Lipinski definition) is 3. The van der Waals surface area contributed by atoms with Crippen LogP contribution >= 0.6 is 0 Å². The maximum absolute atomic E-state index is 12.8. The number of H-pyrrole nitrogens is 1. The normalized spacial score (nSPS) is 21.1. The molecule has 1 aliphatic rings. The predicted octanol–water partition coefficient (Wildman–Crippen LogP) is 2.10. The van der Waals surface area contributed by atoms with E-state index in [1.165, 1.54) is 12.0 Å². The molecule has 0 radical (unpaired) electrons. The number of nitrogens with one attached hydrogen (secondary N) is 1. The number of carbonyl (C=O) groups excluding carboxylic acids is 1. The summed E-state index contributed by atoms with van der Waals surface area (Å²) in [5.41, 5.74) is 3.50. The molecule has 6 nitrogen and oxygen atoms in total. The third-order valence-electron chi connectivity index (χ3n) is 4.46. The molecule has 1 saturated heterocycles. The van der Waals surface area contributed by atoms with E-state index in [9.17, 15) is 14.7 Å². The molecule has 2 heterocycles. The van der Waals surface area contributed by atoms with Crippen LogP contribution in [0.2, 0.25) is 0 Å². The fraction of sp³-hybridized carbons (Fsp3) is 0.412. The van der Waals surface area contributed by atoms with Crippen molar-refractivity contribution < 1.29 is 19.4 Å². The van der Waals surface area contributed by atoms with Gasteiger partial charge in [0.1, 0.15) is 11.7 Å². The molecule has 0 bridgehead atoms. The monoisotopic (exact) mass is 316 g/mol. The van der Waals surface area contributed by atoms with Gasteiger partial charge in [0.05, 0.1) is 6.10 Å². The number of methoxy groups -OCH3 is 1. The summed E-state index contributed by atoms with van der Waals surface area (Å²) in [6.07, 6.45) is 0.0732. The molecule has 122 valence electrons. The van der Waals surface area contributed by atoms with E-state index in [1.807, 2.05) is 19.9 Å². The molecular weight excluding hydrogens is 296 g/mol. The first kappa shape index (κ1) is 15.6. The minimum absolute atomic E-state index is 0.242. The van der Waals surface area contributed by atoms with Crippen LogP contribution in [-0.4, -0.2) is 52.7 Å². The summed E-state index contributed by atoms with van der Waals surface area (Å²) in [6.45, 7) is 4.28. The topological polar surface area (TPSA) is 82.6 Å². The number of benzene rings is 1. The van der Waals surface area contributed by atoms with Crippen molar-refractivity contribution in [1.82, 2.24) is 9.88 Å². The molecule has 1 amide bonds. The van der Waals surface area contributed by atoms with Gasteiger partial charge in [-0.05, 0) is 37.1 Å². The number of nitrogens with zero attached hydrogens (tertiary/aromatic N) is 1. The number of aliphatic carboxylic acids is 1. The molecule has 23 heavy (non-hydrogen) atoms. The van der Waals surface area contributed by atoms with Gasteiger partial charge >= 0.3 is 5.97 Å². The van der Waals surface area contributed by atoms with Gasteiger partial charge in [0.15, 0.2) is 0 Å². The number of fused-ring (bicyclic) bond motifs is 1. The van der Waals surface area contributed by atoms with Crippen molar-refractivity contribution in [3.63, 3.8) is 0 Å². The van der Waals surface area contributed by atoms with E-state index < -0.39 is 12.0 Å². The maximum atomic E-state index is 12.8. The average molecular weight is 316 g/mol. The lowest BCUT2D eigenvalue weighted by Crippen LogP contribution is -2.40. The molecule has 2 aromatic rings. The van der Waals surface area contributed by atoms with Crippen molar-refractivity contribution in [3.8, 4) is 0 Å². The highest BCUT2D eigenvalue weighted by Crippen LogP contribution is 2.26. The van der Waals surface area contributed by atoms with Crippen molar-refractivity contribution in [2.45, 2.75) is 32.4 Å². The number of aryl methyl sites for hydroxylation is 2. The Kier molecular flexibility index (Phi) is 3.85. The van der Waals surface area contributed by atoms with Crippen LogP contribution in [0.25, 0.3) is 10.9 Å². The van der Waals surface area contributed by atoms with Gasteiger partial charge in [0.2, 0.25) is 0 Å². The summed E-state index contributed by atoms with van der Waals surface area (Å²) in [4.78, 5) is 28.7. The van der Waals surface area contributed by atoms with Crippen LogP contribution in [0.5, 0.6) is 0 Å². The zero-order valence-corrected chi connectivity index (χ0v) is 13.4. The number of aromatic amines is 1. The summed E-state index contributed by atoms with van der Waals surface area (Å²) in [6, 6.07) is 4.99. The quantitative estimate of drug-likeness (QED) is 0.908. The third kappa shape index (κ3) is 2.70. The molecule has 2 atom stereocenters. The van der Waals surface area contributed by atoms with Crippen LogP contribution in [0.4, 0.5) is 0 Å². The van der Waals surface area contributed by atoms with Crippen molar-refractivity contribution in [1.29, 1.82) is 0 Å². The Hall–Kier alpha value is -2.34. The fourth-order valence-corrected chi connectivity index (χ4v) is 3.30. The Morgan fingerprint density at radius 3 is 2.70 bits per heavy atom. The summed E-state index contributed by atoms with van der Waals surface area (Å²) < 4.78 is 5.23. The molecule has 2 N–H and O–H groups in total. The fourth-order valence-electron chi connectivity index (χ4n) is 3.30.